The number of nitrogens with one attached hydrogen (secondary N) is 1. The van der Waals surface area contributed by atoms with E-state index in [9.17, 15) is 9.59 Å². The van der Waals surface area contributed by atoms with Crippen molar-refractivity contribution in [3.8, 4) is 11.4 Å². The minimum absolute atomic E-state index is 0.0496. The quantitative estimate of drug-likeness (QED) is 0.670. The Bertz CT molecular complexity index is 1090. The summed E-state index contributed by atoms with van der Waals surface area (Å²) in [7, 11) is 0. The van der Waals surface area contributed by atoms with Crippen LogP contribution in [0.25, 0.3) is 11.4 Å². The van der Waals surface area contributed by atoms with Crippen LogP contribution in [-0.2, 0) is 22.7 Å². The molecule has 0 saturated carbocycles. The summed E-state index contributed by atoms with van der Waals surface area (Å²) in [5.74, 6) is 0.0674. The summed E-state index contributed by atoms with van der Waals surface area (Å²) in [6.07, 6.45) is 3.69. The van der Waals surface area contributed by atoms with Gasteiger partial charge >= 0.3 is 0 Å². The summed E-state index contributed by atoms with van der Waals surface area (Å²) in [5, 5.41) is 10.9. The average Bonchev–Trinajstić information content (AvgIpc) is 3.47. The molecule has 2 aromatic heterocycles. The number of carbonyl (C=O) groups is 2. The van der Waals surface area contributed by atoms with E-state index in [1.165, 1.54) is 5.56 Å². The van der Waals surface area contributed by atoms with Crippen LogP contribution < -0.4 is 10.2 Å². The molecule has 0 aliphatic carbocycles. The smallest absolute Gasteiger partial charge is 0.246 e. The van der Waals surface area contributed by atoms with Gasteiger partial charge in [0.15, 0.2) is 0 Å². The van der Waals surface area contributed by atoms with Gasteiger partial charge in [-0.05, 0) is 44.0 Å². The molecule has 9 heteroatoms. The molecule has 1 N–H and O–H groups in total. The first-order valence-corrected chi connectivity index (χ1v) is 9.95. The van der Waals surface area contributed by atoms with Gasteiger partial charge in [0.1, 0.15) is 0 Å². The molecule has 1 aliphatic rings. The molecule has 1 saturated heterocycles. The number of aryl methyl sites for hydroxylation is 3. The number of anilines is 1. The lowest BCUT2D eigenvalue weighted by Crippen LogP contribution is -2.32. The number of amides is 2. The van der Waals surface area contributed by atoms with Gasteiger partial charge in [-0.25, -0.2) is 0 Å². The van der Waals surface area contributed by atoms with Crippen molar-refractivity contribution in [2.75, 3.05) is 11.4 Å². The topological polar surface area (TPSA) is 106 Å². The van der Waals surface area contributed by atoms with Gasteiger partial charge in [0.2, 0.25) is 23.5 Å². The number of benzene rings is 1. The molecule has 0 spiro atoms. The van der Waals surface area contributed by atoms with E-state index in [1.807, 2.05) is 45.2 Å². The van der Waals surface area contributed by atoms with Crippen molar-refractivity contribution in [2.45, 2.75) is 40.3 Å². The SMILES string of the molecule is CCn1cc(-c2noc(CNC(=O)C3CC(=O)N(c4ccc(C)c(C)c4)C3)n2)cn1. The first kappa shape index (κ1) is 19.8. The van der Waals surface area contributed by atoms with E-state index in [0.717, 1.165) is 23.4 Å². The third kappa shape index (κ3) is 3.96. The average molecular weight is 408 g/mol. The van der Waals surface area contributed by atoms with Gasteiger partial charge in [0.05, 0.1) is 24.2 Å². The van der Waals surface area contributed by atoms with Crippen LogP contribution >= 0.6 is 0 Å². The van der Waals surface area contributed by atoms with Gasteiger partial charge in [-0.15, -0.1) is 0 Å². The molecule has 1 atom stereocenters. The van der Waals surface area contributed by atoms with E-state index < -0.39 is 5.92 Å². The predicted octanol–water partition coefficient (Wildman–Crippen LogP) is 2.24. The summed E-state index contributed by atoms with van der Waals surface area (Å²) in [5.41, 5.74) is 3.86. The molecule has 1 fully saturated rings. The minimum atomic E-state index is -0.413. The fourth-order valence-electron chi connectivity index (χ4n) is 3.43. The van der Waals surface area contributed by atoms with Gasteiger partial charge in [0.25, 0.3) is 0 Å². The normalized spacial score (nSPS) is 16.3. The van der Waals surface area contributed by atoms with Crippen LogP contribution in [0.3, 0.4) is 0 Å². The zero-order valence-electron chi connectivity index (χ0n) is 17.3. The second kappa shape index (κ2) is 8.10. The predicted molar refractivity (Wildman–Crippen MR) is 109 cm³/mol. The Morgan fingerprint density at radius 3 is 2.87 bits per heavy atom. The highest BCUT2D eigenvalue weighted by Crippen LogP contribution is 2.27. The van der Waals surface area contributed by atoms with Crippen LogP contribution in [-0.4, -0.2) is 38.3 Å². The van der Waals surface area contributed by atoms with Crippen LogP contribution in [0.4, 0.5) is 5.69 Å². The van der Waals surface area contributed by atoms with Crippen molar-refractivity contribution >= 4 is 17.5 Å². The van der Waals surface area contributed by atoms with E-state index in [4.69, 9.17) is 4.52 Å². The lowest BCUT2D eigenvalue weighted by molar-refractivity contribution is -0.126. The molecular weight excluding hydrogens is 384 g/mol. The molecule has 1 aliphatic heterocycles. The van der Waals surface area contributed by atoms with Crippen LogP contribution in [0, 0.1) is 19.8 Å². The fraction of sp³-hybridized carbons (Fsp3) is 0.381. The van der Waals surface area contributed by atoms with Crippen molar-refractivity contribution in [1.29, 1.82) is 0 Å². The summed E-state index contributed by atoms with van der Waals surface area (Å²) in [6.45, 7) is 7.25. The number of aromatic nitrogens is 4. The van der Waals surface area contributed by atoms with E-state index in [1.54, 1.807) is 15.8 Å². The first-order chi connectivity index (χ1) is 14.4. The highest BCUT2D eigenvalue weighted by atomic mass is 16.5. The van der Waals surface area contributed by atoms with Crippen LogP contribution in [0.2, 0.25) is 0 Å². The molecule has 1 aromatic carbocycles. The molecule has 3 heterocycles. The van der Waals surface area contributed by atoms with Gasteiger partial charge < -0.3 is 14.7 Å². The maximum Gasteiger partial charge on any atom is 0.246 e. The fourth-order valence-corrected chi connectivity index (χ4v) is 3.43. The Kier molecular flexibility index (Phi) is 5.35. The third-order valence-electron chi connectivity index (χ3n) is 5.40. The van der Waals surface area contributed by atoms with Crippen LogP contribution in [0.15, 0.2) is 35.1 Å². The number of hydrogen-bond acceptors (Lipinski definition) is 6. The molecule has 3 aromatic rings. The Morgan fingerprint density at radius 2 is 2.13 bits per heavy atom. The Hall–Kier alpha value is -3.49. The molecule has 0 radical (unpaired) electrons. The molecule has 0 bridgehead atoms. The lowest BCUT2D eigenvalue weighted by atomic mass is 10.1. The molecule has 156 valence electrons. The molecular formula is C21H24N6O3. The zero-order chi connectivity index (χ0) is 21.3. The molecule has 9 nitrogen and oxygen atoms in total. The highest BCUT2D eigenvalue weighted by Gasteiger charge is 2.35. The first-order valence-electron chi connectivity index (χ1n) is 9.95. The molecule has 4 rings (SSSR count). The Labute approximate surface area is 174 Å². The number of hydrogen-bond donors (Lipinski definition) is 1. The van der Waals surface area contributed by atoms with Crippen molar-refractivity contribution in [2.24, 2.45) is 5.92 Å². The summed E-state index contributed by atoms with van der Waals surface area (Å²) in [4.78, 5) is 31.0. The minimum Gasteiger partial charge on any atom is -0.347 e. The van der Waals surface area contributed by atoms with E-state index in [-0.39, 0.29) is 24.8 Å². The second-order valence-corrected chi connectivity index (χ2v) is 7.49. The standard InChI is InChI=1S/C21H24N6O3/c1-4-26-11-16(9-23-26)20-24-18(30-25-20)10-22-21(29)15-8-19(28)27(12-15)17-6-5-13(2)14(3)7-17/h5-7,9,11,15H,4,8,10,12H2,1-3H3,(H,22,29). The third-order valence-corrected chi connectivity index (χ3v) is 5.40. The van der Waals surface area contributed by atoms with Gasteiger partial charge in [-0.3, -0.25) is 14.3 Å². The van der Waals surface area contributed by atoms with E-state index in [0.29, 0.717) is 18.3 Å². The number of carbonyl (C=O) groups excluding carboxylic acids is 2. The highest BCUT2D eigenvalue weighted by molar-refractivity contribution is 6.00. The van der Waals surface area contributed by atoms with E-state index in [2.05, 4.69) is 20.6 Å². The Morgan fingerprint density at radius 1 is 1.30 bits per heavy atom. The molecule has 30 heavy (non-hydrogen) atoms. The van der Waals surface area contributed by atoms with Crippen molar-refractivity contribution in [3.63, 3.8) is 0 Å². The van der Waals surface area contributed by atoms with Crippen LogP contribution in [0.1, 0.15) is 30.4 Å². The monoisotopic (exact) mass is 408 g/mol. The number of nitrogens with zero attached hydrogens (tertiary/aromatic N) is 5. The summed E-state index contributed by atoms with van der Waals surface area (Å²) < 4.78 is 6.99. The summed E-state index contributed by atoms with van der Waals surface area (Å²) in [6, 6.07) is 5.89. The molecule has 1 unspecified atom stereocenters. The largest absolute Gasteiger partial charge is 0.347 e. The zero-order valence-corrected chi connectivity index (χ0v) is 17.3. The van der Waals surface area contributed by atoms with Crippen molar-refractivity contribution in [3.05, 3.63) is 47.6 Å². The maximum atomic E-state index is 12.6. The van der Waals surface area contributed by atoms with E-state index >= 15 is 0 Å². The van der Waals surface area contributed by atoms with Crippen LogP contribution in [0.5, 0.6) is 0 Å². The lowest BCUT2D eigenvalue weighted by Gasteiger charge is -2.18. The summed E-state index contributed by atoms with van der Waals surface area (Å²) >= 11 is 0. The van der Waals surface area contributed by atoms with Gasteiger partial charge in [0, 0.05) is 31.4 Å². The number of rotatable bonds is 6. The maximum absolute atomic E-state index is 12.6. The van der Waals surface area contributed by atoms with Gasteiger partial charge in [-0.2, -0.15) is 10.1 Å². The molecule has 2 amide bonds. The van der Waals surface area contributed by atoms with Crippen molar-refractivity contribution < 1.29 is 14.1 Å². The Balaban J connectivity index is 1.35. The van der Waals surface area contributed by atoms with Crippen molar-refractivity contribution in [1.82, 2.24) is 25.2 Å². The van der Waals surface area contributed by atoms with Gasteiger partial charge in [-0.1, -0.05) is 11.2 Å². The second-order valence-electron chi connectivity index (χ2n) is 7.49.